The van der Waals surface area contributed by atoms with E-state index in [0.29, 0.717) is 0 Å². The molecule has 2 aliphatic heterocycles. The molecule has 0 unspecified atom stereocenters. The van der Waals surface area contributed by atoms with E-state index in [1.165, 1.54) is 7.11 Å². The molecule has 2 saturated heterocycles. The Labute approximate surface area is 96.3 Å². The van der Waals surface area contributed by atoms with E-state index >= 15 is 0 Å². The molecule has 1 amide bonds. The van der Waals surface area contributed by atoms with Gasteiger partial charge in [0.05, 0.1) is 12.0 Å². The summed E-state index contributed by atoms with van der Waals surface area (Å²) in [5.41, 5.74) is 0. The van der Waals surface area contributed by atoms with Gasteiger partial charge in [-0.3, -0.25) is 4.79 Å². The van der Waals surface area contributed by atoms with Crippen LogP contribution in [0.2, 0.25) is 0 Å². The molecule has 0 bridgehead atoms. The Kier molecular flexibility index (Phi) is 3.84. The van der Waals surface area contributed by atoms with Gasteiger partial charge in [0.15, 0.2) is 0 Å². The lowest BCUT2D eigenvalue weighted by atomic mass is 9.77. The van der Waals surface area contributed by atoms with Gasteiger partial charge in [-0.2, -0.15) is 0 Å². The molecule has 0 spiro atoms. The SMILES string of the molecule is COB(O)[C@@H]1CCCN1C(=O)[C@@H]1CCCN1. The van der Waals surface area contributed by atoms with Crippen LogP contribution in [0.15, 0.2) is 0 Å². The van der Waals surface area contributed by atoms with Crippen molar-refractivity contribution in [1.29, 1.82) is 0 Å². The Morgan fingerprint density at radius 2 is 2.31 bits per heavy atom. The molecular formula is C10H19BN2O3. The molecule has 6 heteroatoms. The summed E-state index contributed by atoms with van der Waals surface area (Å²) in [7, 11) is 0.618. The minimum atomic E-state index is -0.854. The zero-order valence-electron chi connectivity index (χ0n) is 9.69. The number of nitrogens with zero attached hydrogens (tertiary/aromatic N) is 1. The first-order valence-electron chi connectivity index (χ1n) is 5.99. The van der Waals surface area contributed by atoms with Crippen LogP contribution in [0.5, 0.6) is 0 Å². The van der Waals surface area contributed by atoms with Crippen molar-refractivity contribution in [2.45, 2.75) is 37.7 Å². The van der Waals surface area contributed by atoms with Gasteiger partial charge in [0.2, 0.25) is 5.91 Å². The topological polar surface area (TPSA) is 61.8 Å². The minimum absolute atomic E-state index is 0.0512. The van der Waals surface area contributed by atoms with Crippen LogP contribution in [-0.4, -0.2) is 55.1 Å². The van der Waals surface area contributed by atoms with Crippen LogP contribution >= 0.6 is 0 Å². The van der Waals surface area contributed by atoms with Crippen molar-refractivity contribution in [3.63, 3.8) is 0 Å². The van der Waals surface area contributed by atoms with Gasteiger partial charge in [0.1, 0.15) is 0 Å². The fraction of sp³-hybridized carbons (Fsp3) is 0.900. The first-order valence-corrected chi connectivity index (χ1v) is 5.99. The highest BCUT2D eigenvalue weighted by Crippen LogP contribution is 2.21. The van der Waals surface area contributed by atoms with E-state index in [-0.39, 0.29) is 17.9 Å². The molecule has 0 aromatic carbocycles. The number of carbonyl (C=O) groups excluding carboxylic acids is 1. The van der Waals surface area contributed by atoms with Crippen molar-refractivity contribution in [3.8, 4) is 0 Å². The Morgan fingerprint density at radius 3 is 2.94 bits per heavy atom. The predicted octanol–water partition coefficient (Wildman–Crippen LogP) is -0.604. The van der Waals surface area contributed by atoms with Gasteiger partial charge in [-0.25, -0.2) is 0 Å². The van der Waals surface area contributed by atoms with Crippen LogP contribution in [0.3, 0.4) is 0 Å². The molecule has 2 rings (SSSR count). The van der Waals surface area contributed by atoms with Crippen molar-refractivity contribution < 1.29 is 14.5 Å². The Morgan fingerprint density at radius 1 is 1.50 bits per heavy atom. The number of carbonyl (C=O) groups is 1. The van der Waals surface area contributed by atoms with Crippen LogP contribution in [0.1, 0.15) is 25.7 Å². The number of likely N-dealkylation sites (tertiary alicyclic amines) is 1. The quantitative estimate of drug-likeness (QED) is 0.630. The Hall–Kier alpha value is -0.585. The summed E-state index contributed by atoms with van der Waals surface area (Å²) >= 11 is 0. The van der Waals surface area contributed by atoms with Crippen LogP contribution in [0.25, 0.3) is 0 Å². The fourth-order valence-electron chi connectivity index (χ4n) is 2.62. The van der Waals surface area contributed by atoms with Crippen molar-refractivity contribution in [3.05, 3.63) is 0 Å². The van der Waals surface area contributed by atoms with Crippen LogP contribution in [0, 0.1) is 0 Å². The van der Waals surface area contributed by atoms with Gasteiger partial charge in [0, 0.05) is 13.7 Å². The largest absolute Gasteiger partial charge is 0.478 e. The van der Waals surface area contributed by atoms with Crippen molar-refractivity contribution in [2.24, 2.45) is 0 Å². The summed E-state index contributed by atoms with van der Waals surface area (Å²) in [6, 6.07) is -0.0512. The zero-order chi connectivity index (χ0) is 11.5. The minimum Gasteiger partial charge on any atom is -0.426 e. The van der Waals surface area contributed by atoms with E-state index in [4.69, 9.17) is 4.65 Å². The molecule has 0 aromatic rings. The first kappa shape index (κ1) is 11.9. The molecule has 0 radical (unpaired) electrons. The third-order valence-corrected chi connectivity index (χ3v) is 3.51. The monoisotopic (exact) mass is 226 g/mol. The molecule has 2 N–H and O–H groups in total. The lowest BCUT2D eigenvalue weighted by molar-refractivity contribution is -0.133. The Balaban J connectivity index is 1.98. The van der Waals surface area contributed by atoms with E-state index in [2.05, 4.69) is 5.32 Å². The van der Waals surface area contributed by atoms with Crippen molar-refractivity contribution in [2.75, 3.05) is 20.2 Å². The second kappa shape index (κ2) is 5.16. The van der Waals surface area contributed by atoms with E-state index in [9.17, 15) is 9.82 Å². The average molecular weight is 226 g/mol. The molecule has 0 aromatic heterocycles. The highest BCUT2D eigenvalue weighted by Gasteiger charge is 2.40. The molecular weight excluding hydrogens is 207 g/mol. The van der Waals surface area contributed by atoms with Gasteiger partial charge in [-0.1, -0.05) is 0 Å². The number of hydrogen-bond acceptors (Lipinski definition) is 4. The summed E-state index contributed by atoms with van der Waals surface area (Å²) in [6.45, 7) is 1.66. The van der Waals surface area contributed by atoms with Crippen LogP contribution < -0.4 is 5.32 Å². The van der Waals surface area contributed by atoms with E-state index in [0.717, 1.165) is 38.8 Å². The van der Waals surface area contributed by atoms with E-state index < -0.39 is 7.12 Å². The first-order chi connectivity index (χ1) is 7.74. The smallest absolute Gasteiger partial charge is 0.426 e. The van der Waals surface area contributed by atoms with Gasteiger partial charge >= 0.3 is 7.12 Å². The summed E-state index contributed by atoms with van der Waals surface area (Å²) in [6.07, 6.45) is 3.74. The maximum atomic E-state index is 12.2. The highest BCUT2D eigenvalue weighted by atomic mass is 16.5. The fourth-order valence-corrected chi connectivity index (χ4v) is 2.62. The number of amides is 1. The third-order valence-electron chi connectivity index (χ3n) is 3.51. The summed E-state index contributed by atoms with van der Waals surface area (Å²) in [5.74, 6) is -0.0454. The zero-order valence-corrected chi connectivity index (χ0v) is 9.69. The molecule has 16 heavy (non-hydrogen) atoms. The summed E-state index contributed by atoms with van der Waals surface area (Å²) in [5, 5.41) is 12.9. The van der Waals surface area contributed by atoms with E-state index in [1.54, 1.807) is 4.90 Å². The molecule has 90 valence electrons. The normalized spacial score (nSPS) is 29.8. The van der Waals surface area contributed by atoms with Crippen molar-refractivity contribution in [1.82, 2.24) is 10.2 Å². The molecule has 2 heterocycles. The highest BCUT2D eigenvalue weighted by molar-refractivity contribution is 6.45. The number of nitrogens with one attached hydrogen (secondary N) is 1. The molecule has 2 fully saturated rings. The van der Waals surface area contributed by atoms with Crippen LogP contribution in [0.4, 0.5) is 0 Å². The Bertz CT molecular complexity index is 258. The molecule has 5 nitrogen and oxygen atoms in total. The maximum absolute atomic E-state index is 12.2. The second-order valence-electron chi connectivity index (χ2n) is 4.52. The molecule has 2 aliphatic rings. The average Bonchev–Trinajstić information content (AvgIpc) is 2.97. The summed E-state index contributed by atoms with van der Waals surface area (Å²) < 4.78 is 4.92. The van der Waals surface area contributed by atoms with Crippen LogP contribution in [-0.2, 0) is 9.45 Å². The maximum Gasteiger partial charge on any atom is 0.478 e. The molecule has 2 atom stereocenters. The van der Waals surface area contributed by atoms with Gasteiger partial charge in [0.25, 0.3) is 0 Å². The van der Waals surface area contributed by atoms with Gasteiger partial charge in [-0.05, 0) is 32.2 Å². The van der Waals surface area contributed by atoms with Gasteiger partial charge in [-0.15, -0.1) is 0 Å². The summed E-state index contributed by atoms with van der Waals surface area (Å²) in [4.78, 5) is 14.0. The third kappa shape index (κ3) is 2.24. The number of hydrogen-bond donors (Lipinski definition) is 2. The lowest BCUT2D eigenvalue weighted by Crippen LogP contribution is -2.51. The molecule has 0 aliphatic carbocycles. The van der Waals surface area contributed by atoms with Crippen molar-refractivity contribution >= 4 is 13.0 Å². The predicted molar refractivity (Wildman–Crippen MR) is 60.7 cm³/mol. The lowest BCUT2D eigenvalue weighted by Gasteiger charge is -2.27. The number of rotatable bonds is 3. The standard InChI is InChI=1S/C10H19BN2O3/c1-16-11(15)9-5-3-7-13(9)10(14)8-4-2-6-12-8/h8-9,12,15H,2-7H2,1H3/t8-,9-/m0/s1. The van der Waals surface area contributed by atoms with Gasteiger partial charge < -0.3 is 19.9 Å². The second-order valence-corrected chi connectivity index (χ2v) is 4.52. The molecule has 0 saturated carbocycles. The van der Waals surface area contributed by atoms with E-state index in [1.807, 2.05) is 0 Å².